The van der Waals surface area contributed by atoms with Crippen LogP contribution in [0, 0.1) is 11.8 Å². The molecular weight excluding hydrogens is 278 g/mol. The number of hydrogen-bond donors (Lipinski definition) is 2. The zero-order valence-corrected chi connectivity index (χ0v) is 13.6. The molecule has 3 atom stereocenters. The maximum atomic E-state index is 12.4. The van der Waals surface area contributed by atoms with Gasteiger partial charge in [-0.3, -0.25) is 9.59 Å². The molecule has 22 heavy (non-hydrogen) atoms. The fourth-order valence-corrected chi connectivity index (χ4v) is 4.34. The van der Waals surface area contributed by atoms with Crippen LogP contribution in [0.1, 0.15) is 51.9 Å². The van der Waals surface area contributed by atoms with Crippen LogP contribution in [0.2, 0.25) is 0 Å². The Balaban J connectivity index is 1.39. The van der Waals surface area contributed by atoms with Gasteiger partial charge in [-0.2, -0.15) is 0 Å². The van der Waals surface area contributed by atoms with Crippen LogP contribution in [0.15, 0.2) is 0 Å². The number of nitrogens with one attached hydrogen (secondary N) is 2. The van der Waals surface area contributed by atoms with Gasteiger partial charge in [-0.05, 0) is 43.9 Å². The average Bonchev–Trinajstić information content (AvgIpc) is 2.97. The second kappa shape index (κ2) is 6.99. The molecule has 2 aliphatic heterocycles. The predicted molar refractivity (Wildman–Crippen MR) is 85.3 cm³/mol. The van der Waals surface area contributed by atoms with Crippen LogP contribution in [0.25, 0.3) is 0 Å². The molecule has 5 heteroatoms. The van der Waals surface area contributed by atoms with Crippen molar-refractivity contribution in [3.8, 4) is 0 Å². The second-order valence-corrected chi connectivity index (χ2v) is 7.30. The fourth-order valence-electron chi connectivity index (χ4n) is 4.34. The van der Waals surface area contributed by atoms with Crippen molar-refractivity contribution in [3.05, 3.63) is 0 Å². The van der Waals surface area contributed by atoms with E-state index in [1.165, 1.54) is 25.7 Å². The quantitative estimate of drug-likeness (QED) is 0.826. The number of nitrogens with zero attached hydrogens (tertiary/aromatic N) is 1. The maximum Gasteiger partial charge on any atom is 0.237 e. The number of carbonyl (C=O) groups is 2. The Kier molecular flexibility index (Phi) is 5.01. The van der Waals surface area contributed by atoms with Crippen LogP contribution in [-0.2, 0) is 9.59 Å². The number of fused-ring (bicyclic) bond motifs is 1. The molecule has 1 aliphatic carbocycles. The van der Waals surface area contributed by atoms with Gasteiger partial charge >= 0.3 is 0 Å². The monoisotopic (exact) mass is 307 g/mol. The molecule has 0 radical (unpaired) electrons. The summed E-state index contributed by atoms with van der Waals surface area (Å²) in [6.07, 6.45) is 8.16. The summed E-state index contributed by atoms with van der Waals surface area (Å²) in [7, 11) is 0. The maximum absolute atomic E-state index is 12.4. The van der Waals surface area contributed by atoms with E-state index in [0.29, 0.717) is 17.9 Å². The van der Waals surface area contributed by atoms with Gasteiger partial charge in [0.1, 0.15) is 0 Å². The van der Waals surface area contributed by atoms with Gasteiger partial charge in [0.2, 0.25) is 11.8 Å². The van der Waals surface area contributed by atoms with Gasteiger partial charge in [-0.1, -0.05) is 12.8 Å². The van der Waals surface area contributed by atoms with Crippen molar-refractivity contribution in [2.24, 2.45) is 11.8 Å². The summed E-state index contributed by atoms with van der Waals surface area (Å²) in [5, 5.41) is 6.68. The van der Waals surface area contributed by atoms with Gasteiger partial charge in [0, 0.05) is 32.6 Å². The molecule has 3 aliphatic rings. The Hall–Kier alpha value is -1.10. The van der Waals surface area contributed by atoms with Crippen LogP contribution in [-0.4, -0.2) is 48.4 Å². The van der Waals surface area contributed by atoms with Crippen LogP contribution >= 0.6 is 0 Å². The molecule has 2 amide bonds. The first kappa shape index (κ1) is 15.8. The number of likely N-dealkylation sites (tertiary alicyclic amines) is 1. The molecule has 0 spiro atoms. The standard InChI is InChI=1S/C17H29N3O2/c1-12(21)20-8-6-13(7-9-20)11-18-17(22)16-10-14-4-2-3-5-15(14)19-16/h13-16,19H,2-11H2,1H3,(H,18,22). The first-order valence-electron chi connectivity index (χ1n) is 8.92. The Morgan fingerprint density at radius 1 is 1.14 bits per heavy atom. The fraction of sp³-hybridized carbons (Fsp3) is 0.882. The molecule has 3 rings (SSSR count). The van der Waals surface area contributed by atoms with Crippen molar-refractivity contribution in [2.75, 3.05) is 19.6 Å². The molecule has 124 valence electrons. The molecule has 3 unspecified atom stereocenters. The largest absolute Gasteiger partial charge is 0.354 e. The molecule has 0 aromatic rings. The van der Waals surface area contributed by atoms with E-state index in [9.17, 15) is 9.59 Å². The lowest BCUT2D eigenvalue weighted by Crippen LogP contribution is -2.46. The second-order valence-electron chi connectivity index (χ2n) is 7.30. The molecule has 2 N–H and O–H groups in total. The first-order chi connectivity index (χ1) is 10.6. The smallest absolute Gasteiger partial charge is 0.237 e. The Bertz CT molecular complexity index is 404. The minimum Gasteiger partial charge on any atom is -0.354 e. The number of piperidine rings is 1. The molecule has 1 saturated carbocycles. The van der Waals surface area contributed by atoms with E-state index in [4.69, 9.17) is 0 Å². The van der Waals surface area contributed by atoms with Gasteiger partial charge in [-0.15, -0.1) is 0 Å². The summed E-state index contributed by atoms with van der Waals surface area (Å²) in [6, 6.07) is 0.591. The Morgan fingerprint density at radius 3 is 2.55 bits per heavy atom. The highest BCUT2D eigenvalue weighted by Gasteiger charge is 2.38. The Morgan fingerprint density at radius 2 is 1.86 bits per heavy atom. The highest BCUT2D eigenvalue weighted by atomic mass is 16.2. The summed E-state index contributed by atoms with van der Waals surface area (Å²) in [5.41, 5.74) is 0. The van der Waals surface area contributed by atoms with Crippen LogP contribution < -0.4 is 10.6 Å². The van der Waals surface area contributed by atoms with Crippen molar-refractivity contribution in [3.63, 3.8) is 0 Å². The van der Waals surface area contributed by atoms with Gasteiger partial charge in [-0.25, -0.2) is 0 Å². The van der Waals surface area contributed by atoms with E-state index in [1.807, 2.05) is 4.90 Å². The van der Waals surface area contributed by atoms with E-state index >= 15 is 0 Å². The molecule has 0 bridgehead atoms. The van der Waals surface area contributed by atoms with Gasteiger partial charge in [0.25, 0.3) is 0 Å². The summed E-state index contributed by atoms with van der Waals surface area (Å²) in [6.45, 7) is 4.06. The number of carbonyl (C=O) groups excluding carboxylic acids is 2. The van der Waals surface area contributed by atoms with Crippen LogP contribution in [0.5, 0.6) is 0 Å². The van der Waals surface area contributed by atoms with E-state index in [1.54, 1.807) is 6.92 Å². The number of hydrogen-bond acceptors (Lipinski definition) is 3. The third-order valence-electron chi connectivity index (χ3n) is 5.80. The van der Waals surface area contributed by atoms with E-state index in [2.05, 4.69) is 10.6 Å². The topological polar surface area (TPSA) is 61.4 Å². The van der Waals surface area contributed by atoms with Crippen LogP contribution in [0.4, 0.5) is 0 Å². The van der Waals surface area contributed by atoms with Crippen molar-refractivity contribution >= 4 is 11.8 Å². The Labute approximate surface area is 133 Å². The van der Waals surface area contributed by atoms with Crippen molar-refractivity contribution in [1.82, 2.24) is 15.5 Å². The predicted octanol–water partition coefficient (Wildman–Crippen LogP) is 1.28. The summed E-state index contributed by atoms with van der Waals surface area (Å²) >= 11 is 0. The minimum atomic E-state index is 0.0189. The molecular formula is C17H29N3O2. The zero-order chi connectivity index (χ0) is 15.5. The van der Waals surface area contributed by atoms with Gasteiger partial charge < -0.3 is 15.5 Å². The lowest BCUT2D eigenvalue weighted by molar-refractivity contribution is -0.130. The van der Waals surface area contributed by atoms with Crippen molar-refractivity contribution in [2.45, 2.75) is 64.0 Å². The number of rotatable bonds is 3. The van der Waals surface area contributed by atoms with Crippen molar-refractivity contribution < 1.29 is 9.59 Å². The third-order valence-corrected chi connectivity index (χ3v) is 5.80. The normalized spacial score (nSPS) is 32.6. The van der Waals surface area contributed by atoms with Gasteiger partial charge in [0.15, 0.2) is 0 Å². The summed E-state index contributed by atoms with van der Waals surface area (Å²) in [5.74, 6) is 1.58. The SMILES string of the molecule is CC(=O)N1CCC(CNC(=O)C2CC3CCCCC3N2)CC1. The van der Waals surface area contributed by atoms with Crippen LogP contribution in [0.3, 0.4) is 0 Å². The highest BCUT2D eigenvalue weighted by molar-refractivity contribution is 5.82. The molecule has 2 saturated heterocycles. The van der Waals surface area contributed by atoms with Gasteiger partial charge in [0.05, 0.1) is 6.04 Å². The lowest BCUT2D eigenvalue weighted by Gasteiger charge is -2.31. The zero-order valence-electron chi connectivity index (χ0n) is 13.6. The summed E-state index contributed by atoms with van der Waals surface area (Å²) in [4.78, 5) is 25.6. The molecule has 0 aromatic heterocycles. The first-order valence-corrected chi connectivity index (χ1v) is 8.92. The van der Waals surface area contributed by atoms with E-state index in [-0.39, 0.29) is 17.9 Å². The molecule has 2 heterocycles. The summed E-state index contributed by atoms with van der Waals surface area (Å²) < 4.78 is 0. The molecule has 5 nitrogen and oxygen atoms in total. The molecule has 0 aromatic carbocycles. The highest BCUT2D eigenvalue weighted by Crippen LogP contribution is 2.33. The average molecular weight is 307 g/mol. The minimum absolute atomic E-state index is 0.0189. The lowest BCUT2D eigenvalue weighted by atomic mass is 9.85. The van der Waals surface area contributed by atoms with E-state index in [0.717, 1.165) is 38.9 Å². The third kappa shape index (κ3) is 3.62. The number of amides is 2. The van der Waals surface area contributed by atoms with Crippen molar-refractivity contribution in [1.29, 1.82) is 0 Å². The van der Waals surface area contributed by atoms with E-state index < -0.39 is 0 Å². The molecule has 3 fully saturated rings.